The summed E-state index contributed by atoms with van der Waals surface area (Å²) in [5.74, 6) is 0.610. The molecule has 2 aliphatic heterocycles. The first-order valence-corrected chi connectivity index (χ1v) is 8.09. The summed E-state index contributed by atoms with van der Waals surface area (Å²) in [6.45, 7) is 4.47. The van der Waals surface area contributed by atoms with Crippen molar-refractivity contribution in [2.75, 3.05) is 5.32 Å². The third-order valence-electron chi connectivity index (χ3n) is 3.36. The molecule has 21 heavy (non-hydrogen) atoms. The van der Waals surface area contributed by atoms with Gasteiger partial charge in [-0.05, 0) is 25.4 Å². The van der Waals surface area contributed by atoms with Crippen molar-refractivity contribution in [1.29, 1.82) is 0 Å². The molecule has 0 saturated carbocycles. The number of nitrogens with zero attached hydrogens (tertiary/aromatic N) is 5. The first kappa shape index (κ1) is 13.0. The molecule has 2 aromatic heterocycles. The molecule has 9 heteroatoms. The minimum Gasteiger partial charge on any atom is -0.367 e. The maximum atomic E-state index is 5.81. The maximum Gasteiger partial charge on any atom is 0.241 e. The van der Waals surface area contributed by atoms with Crippen LogP contribution < -0.4 is 5.32 Å². The van der Waals surface area contributed by atoms with Crippen molar-refractivity contribution in [1.82, 2.24) is 14.3 Å². The highest BCUT2D eigenvalue weighted by Gasteiger charge is 2.33. The molecular weight excluding hydrogens is 308 g/mol. The average molecular weight is 320 g/mol. The monoisotopic (exact) mass is 320 g/mol. The fraction of sp³-hybridized carbons (Fsp3) is 0.417. The number of ether oxygens (including phenoxy) is 1. The van der Waals surface area contributed by atoms with Gasteiger partial charge in [0.2, 0.25) is 5.95 Å². The van der Waals surface area contributed by atoms with E-state index >= 15 is 0 Å². The molecule has 2 aromatic rings. The molecule has 4 heterocycles. The molecular formula is C12H12N6OS2. The Bertz CT molecular complexity index is 749. The fourth-order valence-corrected chi connectivity index (χ4v) is 3.70. The highest BCUT2D eigenvalue weighted by atomic mass is 32.1. The molecule has 0 amide bonds. The molecule has 1 N–H and O–H groups in total. The number of hydrogen-bond donors (Lipinski definition) is 1. The van der Waals surface area contributed by atoms with Crippen LogP contribution in [0.15, 0.2) is 10.2 Å². The minimum absolute atomic E-state index is 0.0226. The van der Waals surface area contributed by atoms with Crippen LogP contribution in [0.25, 0.3) is 0 Å². The van der Waals surface area contributed by atoms with E-state index in [1.165, 1.54) is 11.5 Å². The van der Waals surface area contributed by atoms with Gasteiger partial charge >= 0.3 is 0 Å². The van der Waals surface area contributed by atoms with Gasteiger partial charge in [-0.2, -0.15) is 14.6 Å². The van der Waals surface area contributed by atoms with Crippen LogP contribution >= 0.6 is 22.9 Å². The molecule has 0 radical (unpaired) electrons. The summed E-state index contributed by atoms with van der Waals surface area (Å²) in [7, 11) is 0. The lowest BCUT2D eigenvalue weighted by Crippen LogP contribution is -2.23. The predicted molar refractivity (Wildman–Crippen MR) is 83.0 cm³/mol. The van der Waals surface area contributed by atoms with Gasteiger partial charge in [0, 0.05) is 6.21 Å². The van der Waals surface area contributed by atoms with Crippen LogP contribution in [0.2, 0.25) is 0 Å². The Morgan fingerprint density at radius 2 is 2.29 bits per heavy atom. The van der Waals surface area contributed by atoms with Crippen molar-refractivity contribution < 1.29 is 4.74 Å². The summed E-state index contributed by atoms with van der Waals surface area (Å²) in [5.41, 5.74) is 1.90. The van der Waals surface area contributed by atoms with Crippen molar-refractivity contribution in [3.05, 3.63) is 15.6 Å². The third-order valence-corrected chi connectivity index (χ3v) is 4.94. The Hall–Kier alpha value is -1.71. The van der Waals surface area contributed by atoms with Crippen LogP contribution in [-0.2, 0) is 11.3 Å². The standard InChI is InChI=1S/C12H12N6OS2/c1-5-9-7(3-13-17-9)10-8(4-19-5)20-12(15-10)16-11-14-6(2)21-18-11/h3,5,7H,4H2,1-2H3,(H,15,16,18). The van der Waals surface area contributed by atoms with Crippen LogP contribution in [0.1, 0.15) is 28.4 Å². The van der Waals surface area contributed by atoms with Gasteiger partial charge in [-0.15, -0.1) is 0 Å². The molecule has 0 saturated heterocycles. The zero-order valence-electron chi connectivity index (χ0n) is 11.4. The van der Waals surface area contributed by atoms with Gasteiger partial charge in [0.25, 0.3) is 0 Å². The molecule has 0 bridgehead atoms. The number of fused-ring (bicyclic) bond motifs is 3. The SMILES string of the molecule is Cc1nc(Nc2nc3c(s2)COC(C)C2=NN=CC23)ns1. The maximum absolute atomic E-state index is 5.81. The Kier molecular flexibility index (Phi) is 3.05. The van der Waals surface area contributed by atoms with Crippen LogP contribution in [0, 0.1) is 6.92 Å². The van der Waals surface area contributed by atoms with Crippen LogP contribution in [0.4, 0.5) is 11.1 Å². The first-order valence-electron chi connectivity index (χ1n) is 6.50. The Morgan fingerprint density at radius 1 is 1.38 bits per heavy atom. The molecule has 0 aliphatic carbocycles. The summed E-state index contributed by atoms with van der Waals surface area (Å²) >= 11 is 2.93. The van der Waals surface area contributed by atoms with Gasteiger partial charge in [-0.25, -0.2) is 9.97 Å². The van der Waals surface area contributed by atoms with Crippen LogP contribution in [0.5, 0.6) is 0 Å². The molecule has 2 atom stereocenters. The number of aryl methyl sites for hydroxylation is 1. The van der Waals surface area contributed by atoms with Crippen LogP contribution in [0.3, 0.4) is 0 Å². The number of aromatic nitrogens is 3. The molecule has 108 valence electrons. The second-order valence-electron chi connectivity index (χ2n) is 4.81. The Morgan fingerprint density at radius 3 is 3.10 bits per heavy atom. The normalized spacial score (nSPS) is 23.4. The first-order chi connectivity index (χ1) is 10.2. The predicted octanol–water partition coefficient (Wildman–Crippen LogP) is 2.49. The van der Waals surface area contributed by atoms with E-state index in [9.17, 15) is 0 Å². The van der Waals surface area contributed by atoms with Gasteiger partial charge in [0.15, 0.2) is 5.13 Å². The van der Waals surface area contributed by atoms with Crippen molar-refractivity contribution in [3.63, 3.8) is 0 Å². The zero-order valence-corrected chi connectivity index (χ0v) is 13.0. The van der Waals surface area contributed by atoms with Gasteiger partial charge in [0.05, 0.1) is 34.9 Å². The highest BCUT2D eigenvalue weighted by molar-refractivity contribution is 7.15. The second-order valence-corrected chi connectivity index (χ2v) is 6.85. The van der Waals surface area contributed by atoms with Crippen molar-refractivity contribution in [2.24, 2.45) is 10.2 Å². The summed E-state index contributed by atoms with van der Waals surface area (Å²) in [6.07, 6.45) is 1.80. The lowest BCUT2D eigenvalue weighted by atomic mass is 9.98. The minimum atomic E-state index is -0.0295. The summed E-state index contributed by atoms with van der Waals surface area (Å²) < 4.78 is 10.0. The molecule has 7 nitrogen and oxygen atoms in total. The summed E-state index contributed by atoms with van der Waals surface area (Å²) in [6, 6.07) is 0. The van der Waals surface area contributed by atoms with Crippen molar-refractivity contribution in [3.8, 4) is 0 Å². The average Bonchev–Trinajstić information content (AvgIpc) is 3.15. The second kappa shape index (κ2) is 4.93. The Balaban J connectivity index is 1.66. The molecule has 0 spiro atoms. The lowest BCUT2D eigenvalue weighted by Gasteiger charge is -2.11. The van der Waals surface area contributed by atoms with Gasteiger partial charge in [0.1, 0.15) is 5.01 Å². The van der Waals surface area contributed by atoms with Crippen molar-refractivity contribution in [2.45, 2.75) is 32.5 Å². The van der Waals surface area contributed by atoms with E-state index in [1.807, 2.05) is 20.1 Å². The van der Waals surface area contributed by atoms with Gasteiger partial charge in [-0.1, -0.05) is 11.3 Å². The topological polar surface area (TPSA) is 84.7 Å². The zero-order chi connectivity index (χ0) is 14.4. The molecule has 4 rings (SSSR count). The van der Waals surface area contributed by atoms with Gasteiger partial charge in [-0.3, -0.25) is 5.32 Å². The Labute approximate surface area is 129 Å². The summed E-state index contributed by atoms with van der Waals surface area (Å²) in [5, 5.41) is 13.0. The lowest BCUT2D eigenvalue weighted by molar-refractivity contribution is 0.0995. The van der Waals surface area contributed by atoms with Crippen LogP contribution in [-0.4, -0.2) is 32.4 Å². The molecule has 0 aromatic carbocycles. The van der Waals surface area contributed by atoms with E-state index in [4.69, 9.17) is 4.74 Å². The molecule has 0 fully saturated rings. The largest absolute Gasteiger partial charge is 0.367 e. The molecule has 2 aliphatic rings. The third kappa shape index (κ3) is 2.27. The van der Waals surface area contributed by atoms with E-state index in [1.54, 1.807) is 11.3 Å². The van der Waals surface area contributed by atoms with E-state index in [-0.39, 0.29) is 12.0 Å². The van der Waals surface area contributed by atoms with Crippen molar-refractivity contribution >= 4 is 45.9 Å². The summed E-state index contributed by atoms with van der Waals surface area (Å²) in [4.78, 5) is 10.1. The van der Waals surface area contributed by atoms with E-state index < -0.39 is 0 Å². The smallest absolute Gasteiger partial charge is 0.241 e. The molecule has 2 unspecified atom stereocenters. The fourth-order valence-electron chi connectivity index (χ4n) is 2.35. The number of anilines is 2. The van der Waals surface area contributed by atoms with Gasteiger partial charge < -0.3 is 4.74 Å². The number of nitrogens with one attached hydrogen (secondary N) is 1. The van der Waals surface area contributed by atoms with E-state index in [2.05, 4.69) is 29.9 Å². The highest BCUT2D eigenvalue weighted by Crippen LogP contribution is 2.35. The van der Waals surface area contributed by atoms with E-state index in [0.29, 0.717) is 12.6 Å². The number of thiazole rings is 1. The number of rotatable bonds is 2. The number of hydrogen-bond acceptors (Lipinski definition) is 9. The quantitative estimate of drug-likeness (QED) is 0.919. The van der Waals surface area contributed by atoms with E-state index in [0.717, 1.165) is 26.4 Å².